The summed E-state index contributed by atoms with van der Waals surface area (Å²) >= 11 is 0. The first kappa shape index (κ1) is 14.4. The standard InChI is InChI=1S/C12H25NO2/c1-6-12(5,7-2)8-9(3)15-11(14)10(4)13/h9-10H,6-8,13H2,1-5H3/t9-,10-/m0/s1. The van der Waals surface area contributed by atoms with Gasteiger partial charge < -0.3 is 10.5 Å². The summed E-state index contributed by atoms with van der Waals surface area (Å²) < 4.78 is 5.25. The molecule has 3 nitrogen and oxygen atoms in total. The fourth-order valence-corrected chi connectivity index (χ4v) is 1.58. The summed E-state index contributed by atoms with van der Waals surface area (Å²) in [5.74, 6) is -0.308. The quantitative estimate of drug-likeness (QED) is 0.692. The molecule has 0 amide bonds. The van der Waals surface area contributed by atoms with Crippen LogP contribution in [0.15, 0.2) is 0 Å². The van der Waals surface area contributed by atoms with Gasteiger partial charge in [-0.2, -0.15) is 0 Å². The van der Waals surface area contributed by atoms with Gasteiger partial charge in [-0.1, -0.05) is 33.6 Å². The Labute approximate surface area is 93.4 Å². The molecule has 0 aromatic rings. The minimum atomic E-state index is -0.526. The van der Waals surface area contributed by atoms with Crippen molar-refractivity contribution < 1.29 is 9.53 Å². The summed E-state index contributed by atoms with van der Waals surface area (Å²) in [7, 11) is 0. The Hall–Kier alpha value is -0.570. The lowest BCUT2D eigenvalue weighted by atomic mass is 9.80. The van der Waals surface area contributed by atoms with Crippen molar-refractivity contribution in [3.63, 3.8) is 0 Å². The molecule has 0 saturated carbocycles. The Morgan fingerprint density at radius 3 is 2.13 bits per heavy atom. The first-order valence-corrected chi connectivity index (χ1v) is 5.80. The van der Waals surface area contributed by atoms with Gasteiger partial charge in [0.05, 0.1) is 6.10 Å². The zero-order valence-electron chi connectivity index (χ0n) is 10.7. The van der Waals surface area contributed by atoms with Crippen LogP contribution in [0.4, 0.5) is 0 Å². The second kappa shape index (κ2) is 6.11. The Bertz CT molecular complexity index is 198. The Morgan fingerprint density at radius 1 is 1.33 bits per heavy atom. The number of carbonyl (C=O) groups is 1. The van der Waals surface area contributed by atoms with Gasteiger partial charge in [0.1, 0.15) is 6.04 Å². The molecule has 0 unspecified atom stereocenters. The van der Waals surface area contributed by atoms with E-state index in [-0.39, 0.29) is 17.5 Å². The van der Waals surface area contributed by atoms with Crippen LogP contribution < -0.4 is 5.73 Å². The van der Waals surface area contributed by atoms with E-state index in [1.54, 1.807) is 6.92 Å². The van der Waals surface area contributed by atoms with Gasteiger partial charge in [0.15, 0.2) is 0 Å². The normalized spacial score (nSPS) is 15.9. The first-order valence-electron chi connectivity index (χ1n) is 5.80. The van der Waals surface area contributed by atoms with Crippen LogP contribution in [0.25, 0.3) is 0 Å². The predicted molar refractivity (Wildman–Crippen MR) is 62.5 cm³/mol. The zero-order chi connectivity index (χ0) is 12.1. The zero-order valence-corrected chi connectivity index (χ0v) is 10.7. The lowest BCUT2D eigenvalue weighted by Gasteiger charge is -2.29. The maximum absolute atomic E-state index is 11.3. The van der Waals surface area contributed by atoms with Gasteiger partial charge in [-0.3, -0.25) is 4.79 Å². The molecule has 0 heterocycles. The fourth-order valence-electron chi connectivity index (χ4n) is 1.58. The van der Waals surface area contributed by atoms with Crippen LogP contribution in [0.3, 0.4) is 0 Å². The molecule has 0 spiro atoms. The molecule has 15 heavy (non-hydrogen) atoms. The number of carbonyl (C=O) groups excluding carboxylic acids is 1. The molecule has 0 radical (unpaired) electrons. The highest BCUT2D eigenvalue weighted by Crippen LogP contribution is 2.31. The Kier molecular flexibility index (Phi) is 5.88. The second-order valence-electron chi connectivity index (χ2n) is 4.76. The number of hydrogen-bond acceptors (Lipinski definition) is 3. The molecular formula is C12H25NO2. The van der Waals surface area contributed by atoms with E-state index in [1.807, 2.05) is 6.92 Å². The van der Waals surface area contributed by atoms with Crippen molar-refractivity contribution in [2.75, 3.05) is 0 Å². The Morgan fingerprint density at radius 2 is 1.80 bits per heavy atom. The largest absolute Gasteiger partial charge is 0.462 e. The molecule has 0 aliphatic heterocycles. The fraction of sp³-hybridized carbons (Fsp3) is 0.917. The van der Waals surface area contributed by atoms with Gasteiger partial charge in [-0.15, -0.1) is 0 Å². The number of hydrogen-bond donors (Lipinski definition) is 1. The smallest absolute Gasteiger partial charge is 0.322 e. The molecule has 90 valence electrons. The van der Waals surface area contributed by atoms with Gasteiger partial charge in [0.2, 0.25) is 0 Å². The van der Waals surface area contributed by atoms with Crippen molar-refractivity contribution in [2.24, 2.45) is 11.1 Å². The van der Waals surface area contributed by atoms with Crippen LogP contribution in [0.5, 0.6) is 0 Å². The van der Waals surface area contributed by atoms with Crippen molar-refractivity contribution in [3.8, 4) is 0 Å². The average Bonchev–Trinajstić information content (AvgIpc) is 2.17. The summed E-state index contributed by atoms with van der Waals surface area (Å²) in [5.41, 5.74) is 5.70. The van der Waals surface area contributed by atoms with Crippen molar-refractivity contribution in [1.82, 2.24) is 0 Å². The van der Waals surface area contributed by atoms with Crippen LogP contribution in [0, 0.1) is 5.41 Å². The number of nitrogens with two attached hydrogens (primary N) is 1. The van der Waals surface area contributed by atoms with E-state index in [0.29, 0.717) is 0 Å². The molecule has 0 saturated heterocycles. The summed E-state index contributed by atoms with van der Waals surface area (Å²) in [5, 5.41) is 0. The molecule has 3 heteroatoms. The van der Waals surface area contributed by atoms with E-state index < -0.39 is 6.04 Å². The van der Waals surface area contributed by atoms with E-state index in [0.717, 1.165) is 19.3 Å². The number of rotatable bonds is 6. The first-order chi connectivity index (χ1) is 6.84. The van der Waals surface area contributed by atoms with E-state index >= 15 is 0 Å². The lowest BCUT2D eigenvalue weighted by molar-refractivity contribution is -0.150. The third-order valence-corrected chi connectivity index (χ3v) is 3.18. The van der Waals surface area contributed by atoms with Crippen LogP contribution in [-0.4, -0.2) is 18.1 Å². The van der Waals surface area contributed by atoms with Crippen LogP contribution in [0.2, 0.25) is 0 Å². The second-order valence-corrected chi connectivity index (χ2v) is 4.76. The summed E-state index contributed by atoms with van der Waals surface area (Å²) in [6, 6.07) is -0.526. The van der Waals surface area contributed by atoms with Crippen molar-refractivity contribution in [2.45, 2.75) is 66.0 Å². The average molecular weight is 215 g/mol. The van der Waals surface area contributed by atoms with Crippen molar-refractivity contribution in [1.29, 1.82) is 0 Å². The number of ether oxygens (including phenoxy) is 1. The molecule has 0 bridgehead atoms. The molecule has 0 rings (SSSR count). The van der Waals surface area contributed by atoms with E-state index in [2.05, 4.69) is 20.8 Å². The molecular weight excluding hydrogens is 190 g/mol. The van der Waals surface area contributed by atoms with E-state index in [4.69, 9.17) is 10.5 Å². The highest BCUT2D eigenvalue weighted by molar-refractivity contribution is 5.75. The predicted octanol–water partition coefficient (Wildman–Crippen LogP) is 2.48. The Balaban J connectivity index is 4.13. The maximum Gasteiger partial charge on any atom is 0.322 e. The summed E-state index contributed by atoms with van der Waals surface area (Å²) in [6.07, 6.45) is 3.05. The summed E-state index contributed by atoms with van der Waals surface area (Å²) in [6.45, 7) is 10.1. The highest BCUT2D eigenvalue weighted by atomic mass is 16.5. The minimum absolute atomic E-state index is 0.0478. The van der Waals surface area contributed by atoms with Gasteiger partial charge >= 0.3 is 5.97 Å². The lowest BCUT2D eigenvalue weighted by Crippen LogP contribution is -2.33. The molecule has 2 N–H and O–H groups in total. The van der Waals surface area contributed by atoms with Crippen molar-refractivity contribution in [3.05, 3.63) is 0 Å². The van der Waals surface area contributed by atoms with Crippen LogP contribution in [0.1, 0.15) is 53.9 Å². The van der Waals surface area contributed by atoms with E-state index in [9.17, 15) is 4.79 Å². The molecule has 0 aliphatic rings. The van der Waals surface area contributed by atoms with Crippen molar-refractivity contribution >= 4 is 5.97 Å². The molecule has 0 aliphatic carbocycles. The monoisotopic (exact) mass is 215 g/mol. The third-order valence-electron chi connectivity index (χ3n) is 3.18. The van der Waals surface area contributed by atoms with Crippen LogP contribution >= 0.6 is 0 Å². The summed E-state index contributed by atoms with van der Waals surface area (Å²) in [4.78, 5) is 11.3. The van der Waals surface area contributed by atoms with Gasteiger partial charge in [0.25, 0.3) is 0 Å². The van der Waals surface area contributed by atoms with Gasteiger partial charge in [-0.25, -0.2) is 0 Å². The maximum atomic E-state index is 11.3. The molecule has 0 fully saturated rings. The van der Waals surface area contributed by atoms with Gasteiger partial charge in [-0.05, 0) is 25.7 Å². The highest BCUT2D eigenvalue weighted by Gasteiger charge is 2.25. The van der Waals surface area contributed by atoms with Crippen LogP contribution in [-0.2, 0) is 9.53 Å². The topological polar surface area (TPSA) is 52.3 Å². The molecule has 0 aromatic heterocycles. The third kappa shape index (κ3) is 5.17. The van der Waals surface area contributed by atoms with E-state index in [1.165, 1.54) is 0 Å². The molecule has 2 atom stereocenters. The molecule has 0 aromatic carbocycles. The minimum Gasteiger partial charge on any atom is -0.462 e. The SMILES string of the molecule is CCC(C)(CC)C[C@H](C)OC(=O)[C@H](C)N. The van der Waals surface area contributed by atoms with Gasteiger partial charge in [0, 0.05) is 0 Å². The number of esters is 1.